The number of carboxylic acids is 1. The zero-order chi connectivity index (χ0) is 11.7. The zero-order valence-electron chi connectivity index (χ0n) is 8.83. The maximum atomic E-state index is 11.0. The first kappa shape index (κ1) is 10.7. The molecule has 1 aromatic heterocycles. The first-order valence-electron chi connectivity index (χ1n) is 4.85. The van der Waals surface area contributed by atoms with Gasteiger partial charge in [-0.15, -0.1) is 0 Å². The van der Waals surface area contributed by atoms with Crippen molar-refractivity contribution in [3.8, 4) is 0 Å². The molecule has 0 spiro atoms. The average molecular weight is 227 g/mol. The molecule has 1 saturated heterocycles. The van der Waals surface area contributed by atoms with Crippen LogP contribution >= 0.6 is 0 Å². The second kappa shape index (κ2) is 3.97. The number of aromatic nitrogens is 2. The Morgan fingerprint density at radius 1 is 1.56 bits per heavy atom. The van der Waals surface area contributed by atoms with Crippen molar-refractivity contribution in [3.05, 3.63) is 0 Å². The van der Waals surface area contributed by atoms with E-state index in [1.807, 2.05) is 0 Å². The predicted octanol–water partition coefficient (Wildman–Crippen LogP) is -1.14. The minimum atomic E-state index is -0.859. The van der Waals surface area contributed by atoms with Gasteiger partial charge in [-0.2, -0.15) is 0 Å². The molecule has 0 aromatic carbocycles. The molecule has 8 heteroatoms. The van der Waals surface area contributed by atoms with E-state index in [9.17, 15) is 4.79 Å². The van der Waals surface area contributed by atoms with Gasteiger partial charge in [0.15, 0.2) is 0 Å². The monoisotopic (exact) mass is 227 g/mol. The van der Waals surface area contributed by atoms with Crippen LogP contribution in [0.4, 0.5) is 11.6 Å². The lowest BCUT2D eigenvalue weighted by molar-refractivity contribution is -0.142. The molecule has 2 rings (SSSR count). The lowest BCUT2D eigenvalue weighted by Gasteiger charge is -2.36. The number of piperazine rings is 1. The van der Waals surface area contributed by atoms with Gasteiger partial charge in [0.2, 0.25) is 11.6 Å². The van der Waals surface area contributed by atoms with E-state index < -0.39 is 12.0 Å². The van der Waals surface area contributed by atoms with Crippen LogP contribution in [0.15, 0.2) is 4.63 Å². The lowest BCUT2D eigenvalue weighted by atomic mass is 10.2. The summed E-state index contributed by atoms with van der Waals surface area (Å²) in [7, 11) is 1.78. The summed E-state index contributed by atoms with van der Waals surface area (Å²) in [6.45, 7) is 1.60. The Morgan fingerprint density at radius 2 is 2.31 bits per heavy atom. The van der Waals surface area contributed by atoms with Gasteiger partial charge in [-0.05, 0) is 17.4 Å². The SMILES string of the molecule is CN1CCN(c2nonc2N)CC1C(=O)O. The minimum absolute atomic E-state index is 0.189. The van der Waals surface area contributed by atoms with E-state index >= 15 is 0 Å². The van der Waals surface area contributed by atoms with Crippen molar-refractivity contribution in [2.45, 2.75) is 6.04 Å². The minimum Gasteiger partial charge on any atom is -0.480 e. The molecule has 0 aliphatic carbocycles. The molecule has 1 atom stereocenters. The van der Waals surface area contributed by atoms with Crippen LogP contribution in [0.5, 0.6) is 0 Å². The maximum absolute atomic E-state index is 11.0. The first-order valence-corrected chi connectivity index (χ1v) is 4.85. The number of carbonyl (C=O) groups is 1. The average Bonchev–Trinajstić information content (AvgIpc) is 2.65. The molecule has 88 valence electrons. The van der Waals surface area contributed by atoms with Gasteiger partial charge < -0.3 is 15.7 Å². The van der Waals surface area contributed by atoms with Crippen LogP contribution in [0, 0.1) is 0 Å². The smallest absolute Gasteiger partial charge is 0.322 e. The van der Waals surface area contributed by atoms with Gasteiger partial charge in [0.1, 0.15) is 6.04 Å². The highest BCUT2D eigenvalue weighted by Crippen LogP contribution is 2.20. The van der Waals surface area contributed by atoms with Crippen LogP contribution in [0.2, 0.25) is 0 Å². The van der Waals surface area contributed by atoms with E-state index in [4.69, 9.17) is 10.8 Å². The number of anilines is 2. The van der Waals surface area contributed by atoms with Gasteiger partial charge >= 0.3 is 5.97 Å². The molecule has 0 saturated carbocycles. The van der Waals surface area contributed by atoms with E-state index in [1.165, 1.54) is 0 Å². The van der Waals surface area contributed by atoms with Gasteiger partial charge in [0.25, 0.3) is 0 Å². The summed E-state index contributed by atoms with van der Waals surface area (Å²) in [6, 6.07) is -0.565. The van der Waals surface area contributed by atoms with Crippen LogP contribution in [0.3, 0.4) is 0 Å². The van der Waals surface area contributed by atoms with E-state index in [0.717, 1.165) is 0 Å². The molecule has 16 heavy (non-hydrogen) atoms. The molecule has 1 aromatic rings. The standard InChI is InChI=1S/C8H13N5O3/c1-12-2-3-13(4-5(12)8(14)15)7-6(9)10-16-11-7/h5H,2-4H2,1H3,(H2,9,10)(H,14,15). The number of rotatable bonds is 2. The number of nitrogen functional groups attached to an aromatic ring is 1. The number of carboxylic acid groups (broad SMARTS) is 1. The van der Waals surface area contributed by atoms with Gasteiger partial charge in [-0.1, -0.05) is 0 Å². The highest BCUT2D eigenvalue weighted by molar-refractivity contribution is 5.75. The third-order valence-corrected chi connectivity index (χ3v) is 2.73. The van der Waals surface area contributed by atoms with Crippen molar-refractivity contribution in [3.63, 3.8) is 0 Å². The van der Waals surface area contributed by atoms with Crippen molar-refractivity contribution in [1.82, 2.24) is 15.2 Å². The van der Waals surface area contributed by atoms with Gasteiger partial charge in [0.05, 0.1) is 0 Å². The molecule has 0 amide bonds. The molecule has 0 bridgehead atoms. The fourth-order valence-corrected chi connectivity index (χ4v) is 1.74. The summed E-state index contributed by atoms with van der Waals surface area (Å²) in [4.78, 5) is 14.6. The third kappa shape index (κ3) is 1.78. The van der Waals surface area contributed by atoms with E-state index in [-0.39, 0.29) is 5.82 Å². The molecule has 1 unspecified atom stereocenters. The van der Waals surface area contributed by atoms with E-state index in [1.54, 1.807) is 16.8 Å². The first-order chi connectivity index (χ1) is 7.59. The lowest BCUT2D eigenvalue weighted by Crippen LogP contribution is -2.55. The molecule has 3 N–H and O–H groups in total. The van der Waals surface area contributed by atoms with Crippen molar-refractivity contribution in [2.24, 2.45) is 0 Å². The van der Waals surface area contributed by atoms with Gasteiger partial charge in [-0.25, -0.2) is 4.63 Å². The number of aliphatic carboxylic acids is 1. The predicted molar refractivity (Wildman–Crippen MR) is 55.0 cm³/mol. The summed E-state index contributed by atoms with van der Waals surface area (Å²) in [5.41, 5.74) is 5.56. The molecule has 1 aliphatic heterocycles. The number of nitrogens with zero attached hydrogens (tertiary/aromatic N) is 4. The van der Waals surface area contributed by atoms with Crippen molar-refractivity contribution >= 4 is 17.6 Å². The molecule has 0 radical (unpaired) electrons. The van der Waals surface area contributed by atoms with E-state index in [2.05, 4.69) is 14.9 Å². The molecular formula is C8H13N5O3. The third-order valence-electron chi connectivity index (χ3n) is 2.73. The Morgan fingerprint density at radius 3 is 2.88 bits per heavy atom. The molecule has 2 heterocycles. The summed E-state index contributed by atoms with van der Waals surface area (Å²) in [6.07, 6.45) is 0. The summed E-state index contributed by atoms with van der Waals surface area (Å²) in [5, 5.41) is 16.2. The molecule has 1 aliphatic rings. The van der Waals surface area contributed by atoms with Crippen LogP contribution in [-0.2, 0) is 4.79 Å². The second-order valence-corrected chi connectivity index (χ2v) is 3.75. The summed E-state index contributed by atoms with van der Waals surface area (Å²) in [5.74, 6) is -0.254. The van der Waals surface area contributed by atoms with Crippen LogP contribution in [0.1, 0.15) is 0 Å². The van der Waals surface area contributed by atoms with Crippen LogP contribution in [-0.4, -0.2) is 59.0 Å². The Hall–Kier alpha value is -1.83. The van der Waals surface area contributed by atoms with Crippen molar-refractivity contribution in [2.75, 3.05) is 37.3 Å². The van der Waals surface area contributed by atoms with Crippen LogP contribution < -0.4 is 10.6 Å². The van der Waals surface area contributed by atoms with Crippen LogP contribution in [0.25, 0.3) is 0 Å². The Balaban J connectivity index is 2.15. The summed E-state index contributed by atoms with van der Waals surface area (Å²) >= 11 is 0. The van der Waals surface area contributed by atoms with E-state index in [0.29, 0.717) is 25.5 Å². The quantitative estimate of drug-likeness (QED) is 0.652. The molecule has 1 fully saturated rings. The fourth-order valence-electron chi connectivity index (χ4n) is 1.74. The Bertz CT molecular complexity index is 393. The normalized spacial score (nSPS) is 22.3. The largest absolute Gasteiger partial charge is 0.480 e. The van der Waals surface area contributed by atoms with Gasteiger partial charge in [0, 0.05) is 19.6 Å². The maximum Gasteiger partial charge on any atom is 0.322 e. The highest BCUT2D eigenvalue weighted by Gasteiger charge is 2.31. The Kier molecular flexibility index (Phi) is 2.65. The topological polar surface area (TPSA) is 109 Å². The number of hydrogen-bond acceptors (Lipinski definition) is 7. The number of hydrogen-bond donors (Lipinski definition) is 2. The number of likely N-dealkylation sites (N-methyl/N-ethyl adjacent to an activating group) is 1. The highest BCUT2D eigenvalue weighted by atomic mass is 16.6. The number of nitrogens with two attached hydrogens (primary N) is 1. The zero-order valence-corrected chi connectivity index (χ0v) is 8.83. The Labute approximate surface area is 91.6 Å². The van der Waals surface area contributed by atoms with Crippen molar-refractivity contribution < 1.29 is 14.5 Å². The molecular weight excluding hydrogens is 214 g/mol. The van der Waals surface area contributed by atoms with Gasteiger partial charge in [-0.3, -0.25) is 9.69 Å². The second-order valence-electron chi connectivity index (χ2n) is 3.75. The molecule has 8 nitrogen and oxygen atoms in total. The fraction of sp³-hybridized carbons (Fsp3) is 0.625. The van der Waals surface area contributed by atoms with Crippen molar-refractivity contribution in [1.29, 1.82) is 0 Å². The summed E-state index contributed by atoms with van der Waals surface area (Å²) < 4.78 is 4.49.